The summed E-state index contributed by atoms with van der Waals surface area (Å²) in [5, 5.41) is 28.4. The molecule has 0 saturated heterocycles. The standard InChI is InChI=1S/3C12H16O/c1-8-3-4-10-7-11(13)5-6-12(10)9(8)2;1-8-3-4-10-5-6-11(13)7-12(10)9(8)2;1-8-6-7-11-10(9(8)2)4-3-5-12(11)13/h2*5-9,13H,3-4H2,1-2H3;3-5,8-9,13H,6-7H2,1-2H3. The summed E-state index contributed by atoms with van der Waals surface area (Å²) >= 11 is 0. The molecule has 0 amide bonds. The number of aromatic hydroxyl groups is 3. The molecule has 0 aliphatic heterocycles. The molecule has 3 aliphatic carbocycles. The minimum Gasteiger partial charge on any atom is -0.508 e. The molecule has 0 radical (unpaired) electrons. The summed E-state index contributed by atoms with van der Waals surface area (Å²) in [6.45, 7) is 13.7. The Morgan fingerprint density at radius 3 is 1.74 bits per heavy atom. The molecule has 3 aromatic rings. The van der Waals surface area contributed by atoms with E-state index in [1.54, 1.807) is 18.2 Å². The molecule has 0 bridgehead atoms. The minimum absolute atomic E-state index is 0.403. The Morgan fingerprint density at radius 1 is 0.513 bits per heavy atom. The monoisotopic (exact) mass is 528 g/mol. The second-order valence-corrected chi connectivity index (χ2v) is 12.5. The molecule has 3 N–H and O–H groups in total. The molecule has 3 aliphatic rings. The third-order valence-electron chi connectivity index (χ3n) is 10.1. The van der Waals surface area contributed by atoms with E-state index in [-0.39, 0.29) is 0 Å². The summed E-state index contributed by atoms with van der Waals surface area (Å²) in [4.78, 5) is 0. The van der Waals surface area contributed by atoms with Gasteiger partial charge in [-0.1, -0.05) is 65.8 Å². The van der Waals surface area contributed by atoms with E-state index in [0.717, 1.165) is 30.6 Å². The number of phenolic OH excluding ortho intramolecular Hbond substituents is 3. The Balaban J connectivity index is 0.000000136. The Kier molecular flexibility index (Phi) is 9.31. The van der Waals surface area contributed by atoms with Crippen molar-refractivity contribution >= 4 is 0 Å². The predicted molar refractivity (Wildman–Crippen MR) is 162 cm³/mol. The summed E-state index contributed by atoms with van der Waals surface area (Å²) in [7, 11) is 0. The molecule has 39 heavy (non-hydrogen) atoms. The molecule has 6 unspecified atom stereocenters. The van der Waals surface area contributed by atoms with E-state index in [1.165, 1.54) is 59.1 Å². The minimum atomic E-state index is 0.403. The fraction of sp³-hybridized carbons (Fsp3) is 0.500. The first-order chi connectivity index (χ1) is 18.6. The van der Waals surface area contributed by atoms with Crippen LogP contribution in [-0.4, -0.2) is 15.3 Å². The molecular formula is C36H48O3. The van der Waals surface area contributed by atoms with Crippen LogP contribution in [0.3, 0.4) is 0 Å². The molecule has 0 aromatic heterocycles. The lowest BCUT2D eigenvalue weighted by Gasteiger charge is -2.28. The Hall–Kier alpha value is -2.94. The Labute approximate surface area is 235 Å². The van der Waals surface area contributed by atoms with Crippen LogP contribution in [-0.2, 0) is 19.3 Å². The van der Waals surface area contributed by atoms with Crippen molar-refractivity contribution in [2.24, 2.45) is 17.8 Å². The van der Waals surface area contributed by atoms with Crippen molar-refractivity contribution < 1.29 is 15.3 Å². The Morgan fingerprint density at radius 2 is 1.05 bits per heavy atom. The number of benzene rings is 3. The predicted octanol–water partition coefficient (Wildman–Crippen LogP) is 9.23. The van der Waals surface area contributed by atoms with Gasteiger partial charge in [-0.05, 0) is 138 Å². The number of aryl methyl sites for hydroxylation is 2. The van der Waals surface area contributed by atoms with E-state index in [0.29, 0.717) is 35.0 Å². The highest BCUT2D eigenvalue weighted by Gasteiger charge is 2.25. The van der Waals surface area contributed by atoms with Gasteiger partial charge in [0.1, 0.15) is 17.2 Å². The van der Waals surface area contributed by atoms with E-state index in [2.05, 4.69) is 59.7 Å². The maximum absolute atomic E-state index is 9.66. The summed E-state index contributed by atoms with van der Waals surface area (Å²) in [5.74, 6) is 5.38. The molecule has 210 valence electrons. The summed E-state index contributed by atoms with van der Waals surface area (Å²) in [6, 6.07) is 17.5. The molecular weight excluding hydrogens is 480 g/mol. The molecule has 0 heterocycles. The van der Waals surface area contributed by atoms with E-state index < -0.39 is 0 Å². The van der Waals surface area contributed by atoms with Gasteiger partial charge in [0.25, 0.3) is 0 Å². The largest absolute Gasteiger partial charge is 0.508 e. The molecule has 0 saturated carbocycles. The van der Waals surface area contributed by atoms with Crippen LogP contribution in [0, 0.1) is 17.8 Å². The van der Waals surface area contributed by atoms with Gasteiger partial charge in [-0.15, -0.1) is 0 Å². The van der Waals surface area contributed by atoms with Crippen LogP contribution in [0.1, 0.15) is 112 Å². The quantitative estimate of drug-likeness (QED) is 0.272. The van der Waals surface area contributed by atoms with Gasteiger partial charge in [0.15, 0.2) is 0 Å². The van der Waals surface area contributed by atoms with Crippen LogP contribution in [0.25, 0.3) is 0 Å². The smallest absolute Gasteiger partial charge is 0.119 e. The van der Waals surface area contributed by atoms with Crippen LogP contribution in [0.2, 0.25) is 0 Å². The van der Waals surface area contributed by atoms with Crippen LogP contribution < -0.4 is 0 Å². The van der Waals surface area contributed by atoms with Gasteiger partial charge in [-0.25, -0.2) is 0 Å². The number of hydrogen-bond donors (Lipinski definition) is 3. The van der Waals surface area contributed by atoms with Gasteiger partial charge < -0.3 is 15.3 Å². The van der Waals surface area contributed by atoms with Crippen LogP contribution >= 0.6 is 0 Å². The zero-order valence-electron chi connectivity index (χ0n) is 24.7. The third kappa shape index (κ3) is 6.62. The lowest BCUT2D eigenvalue weighted by atomic mass is 9.77. The van der Waals surface area contributed by atoms with Crippen molar-refractivity contribution in [1.82, 2.24) is 0 Å². The average molecular weight is 529 g/mol. The highest BCUT2D eigenvalue weighted by Crippen LogP contribution is 2.40. The van der Waals surface area contributed by atoms with Crippen LogP contribution in [0.5, 0.6) is 17.2 Å². The zero-order valence-corrected chi connectivity index (χ0v) is 24.7. The zero-order chi connectivity index (χ0) is 28.3. The molecule has 0 spiro atoms. The lowest BCUT2D eigenvalue weighted by molar-refractivity contribution is 0.405. The van der Waals surface area contributed by atoms with Crippen molar-refractivity contribution in [2.75, 3.05) is 0 Å². The number of hydrogen-bond acceptors (Lipinski definition) is 3. The molecule has 6 atom stereocenters. The Bertz CT molecular complexity index is 1250. The first kappa shape index (κ1) is 29.1. The highest BCUT2D eigenvalue weighted by atomic mass is 16.3. The molecule has 3 nitrogen and oxygen atoms in total. The second-order valence-electron chi connectivity index (χ2n) is 12.5. The second kappa shape index (κ2) is 12.5. The lowest BCUT2D eigenvalue weighted by Crippen LogP contribution is -2.15. The van der Waals surface area contributed by atoms with Crippen LogP contribution in [0.15, 0.2) is 54.6 Å². The van der Waals surface area contributed by atoms with Gasteiger partial charge in [0.2, 0.25) is 0 Å². The van der Waals surface area contributed by atoms with Gasteiger partial charge >= 0.3 is 0 Å². The number of rotatable bonds is 0. The van der Waals surface area contributed by atoms with Crippen molar-refractivity contribution in [1.29, 1.82) is 0 Å². The van der Waals surface area contributed by atoms with E-state index in [4.69, 9.17) is 0 Å². The first-order valence-electron chi connectivity index (χ1n) is 15.0. The SMILES string of the molecule is CC1CCc2c(O)cccc2C1C.CC1CCc2cc(O)ccc2C1C.CC1CCc2ccc(O)cc2C1C. The molecule has 6 rings (SSSR count). The third-order valence-corrected chi connectivity index (χ3v) is 10.1. The topological polar surface area (TPSA) is 60.7 Å². The fourth-order valence-electron chi connectivity index (χ4n) is 6.59. The van der Waals surface area contributed by atoms with Crippen molar-refractivity contribution in [3.8, 4) is 17.2 Å². The van der Waals surface area contributed by atoms with Gasteiger partial charge in [-0.2, -0.15) is 0 Å². The normalized spacial score (nSPS) is 26.9. The number of phenols is 3. The molecule has 3 aromatic carbocycles. The number of fused-ring (bicyclic) bond motifs is 3. The average Bonchev–Trinajstić information content (AvgIpc) is 2.92. The van der Waals surface area contributed by atoms with Crippen molar-refractivity contribution in [3.05, 3.63) is 88.0 Å². The van der Waals surface area contributed by atoms with Crippen LogP contribution in [0.4, 0.5) is 0 Å². The summed E-state index contributed by atoms with van der Waals surface area (Å²) in [5.41, 5.74) is 8.05. The van der Waals surface area contributed by atoms with Gasteiger partial charge in [-0.3, -0.25) is 0 Å². The molecule has 0 fully saturated rings. The highest BCUT2D eigenvalue weighted by molar-refractivity contribution is 5.43. The summed E-state index contributed by atoms with van der Waals surface area (Å²) in [6.07, 6.45) is 7.05. The van der Waals surface area contributed by atoms with E-state index in [1.807, 2.05) is 18.2 Å². The first-order valence-corrected chi connectivity index (χ1v) is 15.0. The fourth-order valence-corrected chi connectivity index (χ4v) is 6.59. The van der Waals surface area contributed by atoms with E-state index >= 15 is 0 Å². The van der Waals surface area contributed by atoms with Gasteiger partial charge in [0, 0.05) is 0 Å². The maximum Gasteiger partial charge on any atom is 0.119 e. The van der Waals surface area contributed by atoms with E-state index in [9.17, 15) is 15.3 Å². The summed E-state index contributed by atoms with van der Waals surface area (Å²) < 4.78 is 0. The van der Waals surface area contributed by atoms with Gasteiger partial charge in [0.05, 0.1) is 0 Å². The van der Waals surface area contributed by atoms with Crippen molar-refractivity contribution in [3.63, 3.8) is 0 Å². The molecule has 3 heteroatoms. The van der Waals surface area contributed by atoms with Crippen molar-refractivity contribution in [2.45, 2.75) is 97.8 Å². The maximum atomic E-state index is 9.66.